The van der Waals surface area contributed by atoms with Gasteiger partial charge in [-0.15, -0.1) is 0 Å². The van der Waals surface area contributed by atoms with E-state index < -0.39 is 0 Å². The molecule has 3 nitrogen and oxygen atoms in total. The fraction of sp³-hybridized carbons (Fsp3) is 0.471. The van der Waals surface area contributed by atoms with Gasteiger partial charge >= 0.3 is 0 Å². The summed E-state index contributed by atoms with van der Waals surface area (Å²) in [6.07, 6.45) is 2.10. The molecular weight excluding hydrogens is 282 g/mol. The first kappa shape index (κ1) is 16.1. The van der Waals surface area contributed by atoms with Crippen LogP contribution in [0.25, 0.3) is 0 Å². The Hall–Kier alpha value is -1.32. The van der Waals surface area contributed by atoms with E-state index in [-0.39, 0.29) is 11.5 Å². The van der Waals surface area contributed by atoms with Crippen molar-refractivity contribution in [2.75, 3.05) is 0 Å². The van der Waals surface area contributed by atoms with E-state index in [1.165, 1.54) is 11.1 Å². The number of aryl methyl sites for hydroxylation is 1. The summed E-state index contributed by atoms with van der Waals surface area (Å²) in [7, 11) is 1.97. The maximum Gasteiger partial charge on any atom is 0.0722 e. The molecule has 0 radical (unpaired) electrons. The van der Waals surface area contributed by atoms with Crippen LogP contribution >= 0.6 is 11.6 Å². The van der Waals surface area contributed by atoms with Crippen molar-refractivity contribution in [3.05, 3.63) is 52.3 Å². The molecule has 0 aliphatic rings. The number of aromatic nitrogens is 2. The zero-order chi connectivity index (χ0) is 15.6. The Morgan fingerprint density at radius 2 is 1.86 bits per heavy atom. The van der Waals surface area contributed by atoms with Crippen molar-refractivity contribution in [3.8, 4) is 0 Å². The Balaban J connectivity index is 2.08. The second kappa shape index (κ2) is 6.20. The van der Waals surface area contributed by atoms with Crippen LogP contribution in [0.5, 0.6) is 0 Å². The van der Waals surface area contributed by atoms with Crippen LogP contribution in [-0.2, 0) is 19.0 Å². The van der Waals surface area contributed by atoms with Crippen molar-refractivity contribution >= 4 is 11.6 Å². The van der Waals surface area contributed by atoms with Gasteiger partial charge in [0, 0.05) is 41.8 Å². The lowest BCUT2D eigenvalue weighted by Gasteiger charge is -2.19. The van der Waals surface area contributed by atoms with E-state index in [0.717, 1.165) is 17.3 Å². The fourth-order valence-electron chi connectivity index (χ4n) is 2.43. The first-order valence-corrected chi connectivity index (χ1v) is 7.67. The molecule has 2 rings (SSSR count). The SMILES string of the molecule is C[C@H](NCc1cn(C)nc1C(C)(C)C)c1ccc(Cl)cc1. The predicted octanol–water partition coefficient (Wildman–Crippen LogP) is 4.22. The summed E-state index contributed by atoms with van der Waals surface area (Å²) in [5.74, 6) is 0. The molecule has 0 unspecified atom stereocenters. The lowest BCUT2D eigenvalue weighted by molar-refractivity contribution is 0.531. The van der Waals surface area contributed by atoms with Gasteiger partial charge in [-0.1, -0.05) is 44.5 Å². The van der Waals surface area contributed by atoms with Crippen LogP contribution < -0.4 is 5.32 Å². The Labute approximate surface area is 132 Å². The number of halogens is 1. The summed E-state index contributed by atoms with van der Waals surface area (Å²) in [6, 6.07) is 8.26. The molecule has 0 amide bonds. The molecular formula is C17H24ClN3. The lowest BCUT2D eigenvalue weighted by Crippen LogP contribution is -2.21. The van der Waals surface area contributed by atoms with E-state index in [1.807, 2.05) is 23.9 Å². The molecule has 0 bridgehead atoms. The molecule has 114 valence electrons. The zero-order valence-corrected chi connectivity index (χ0v) is 14.2. The minimum absolute atomic E-state index is 0.0573. The van der Waals surface area contributed by atoms with Gasteiger partial charge < -0.3 is 5.32 Å². The van der Waals surface area contributed by atoms with Gasteiger partial charge in [0.2, 0.25) is 0 Å². The molecule has 0 saturated carbocycles. The van der Waals surface area contributed by atoms with E-state index in [2.05, 4.69) is 56.4 Å². The smallest absolute Gasteiger partial charge is 0.0722 e. The Bertz CT molecular complexity index is 593. The summed E-state index contributed by atoms with van der Waals surface area (Å²) >= 11 is 5.93. The van der Waals surface area contributed by atoms with Gasteiger partial charge in [0.25, 0.3) is 0 Å². The number of rotatable bonds is 4. The van der Waals surface area contributed by atoms with Crippen LogP contribution in [0.1, 0.15) is 50.6 Å². The first-order chi connectivity index (χ1) is 9.77. The number of hydrogen-bond donors (Lipinski definition) is 1. The Morgan fingerprint density at radius 3 is 2.43 bits per heavy atom. The van der Waals surface area contributed by atoms with Crippen LogP contribution in [-0.4, -0.2) is 9.78 Å². The third kappa shape index (κ3) is 4.08. The highest BCUT2D eigenvalue weighted by Gasteiger charge is 2.21. The molecule has 0 spiro atoms. The molecule has 21 heavy (non-hydrogen) atoms. The summed E-state index contributed by atoms with van der Waals surface area (Å²) in [5.41, 5.74) is 3.70. The van der Waals surface area contributed by atoms with Crippen LogP contribution in [0.2, 0.25) is 5.02 Å². The molecule has 1 heterocycles. The van der Waals surface area contributed by atoms with Gasteiger partial charge in [0.1, 0.15) is 0 Å². The monoisotopic (exact) mass is 305 g/mol. The third-order valence-electron chi connectivity index (χ3n) is 3.58. The molecule has 0 saturated heterocycles. The molecule has 2 aromatic rings. The second-order valence-electron chi connectivity index (χ2n) is 6.58. The molecule has 0 aliphatic carbocycles. The number of nitrogens with zero attached hydrogens (tertiary/aromatic N) is 2. The van der Waals surface area contributed by atoms with E-state index in [1.54, 1.807) is 0 Å². The van der Waals surface area contributed by atoms with Crippen molar-refractivity contribution in [1.82, 2.24) is 15.1 Å². The second-order valence-corrected chi connectivity index (χ2v) is 7.02. The lowest BCUT2D eigenvalue weighted by atomic mass is 9.89. The normalized spacial score (nSPS) is 13.4. The largest absolute Gasteiger partial charge is 0.306 e. The quantitative estimate of drug-likeness (QED) is 0.916. The zero-order valence-electron chi connectivity index (χ0n) is 13.4. The maximum atomic E-state index is 5.93. The van der Waals surface area contributed by atoms with Gasteiger partial charge in [-0.05, 0) is 24.6 Å². The van der Waals surface area contributed by atoms with Crippen LogP contribution in [0.4, 0.5) is 0 Å². The minimum Gasteiger partial charge on any atom is -0.306 e. The van der Waals surface area contributed by atoms with Crippen molar-refractivity contribution in [1.29, 1.82) is 0 Å². The molecule has 1 aromatic heterocycles. The van der Waals surface area contributed by atoms with Crippen LogP contribution in [0.3, 0.4) is 0 Å². The highest BCUT2D eigenvalue weighted by molar-refractivity contribution is 6.30. The van der Waals surface area contributed by atoms with E-state index in [0.29, 0.717) is 0 Å². The van der Waals surface area contributed by atoms with E-state index in [4.69, 9.17) is 11.6 Å². The van der Waals surface area contributed by atoms with Crippen molar-refractivity contribution in [2.24, 2.45) is 7.05 Å². The number of benzene rings is 1. The standard InChI is InChI=1S/C17H24ClN3/c1-12(13-6-8-15(18)9-7-13)19-10-14-11-21(5)20-16(14)17(2,3)4/h6-9,11-12,19H,10H2,1-5H3/t12-/m0/s1. The average molecular weight is 306 g/mol. The van der Waals surface area contributed by atoms with Gasteiger partial charge in [-0.2, -0.15) is 5.10 Å². The van der Waals surface area contributed by atoms with Crippen molar-refractivity contribution in [3.63, 3.8) is 0 Å². The fourth-order valence-corrected chi connectivity index (χ4v) is 2.56. The van der Waals surface area contributed by atoms with E-state index in [9.17, 15) is 0 Å². The molecule has 1 aromatic carbocycles. The maximum absolute atomic E-state index is 5.93. The van der Waals surface area contributed by atoms with Crippen molar-refractivity contribution < 1.29 is 0 Å². The minimum atomic E-state index is 0.0573. The third-order valence-corrected chi connectivity index (χ3v) is 3.84. The average Bonchev–Trinajstić information content (AvgIpc) is 2.78. The van der Waals surface area contributed by atoms with Crippen molar-refractivity contribution in [2.45, 2.75) is 45.7 Å². The number of hydrogen-bond acceptors (Lipinski definition) is 2. The molecule has 4 heteroatoms. The topological polar surface area (TPSA) is 29.9 Å². The van der Waals surface area contributed by atoms with Gasteiger partial charge in [0.05, 0.1) is 5.69 Å². The van der Waals surface area contributed by atoms with E-state index >= 15 is 0 Å². The van der Waals surface area contributed by atoms with Crippen LogP contribution in [0.15, 0.2) is 30.5 Å². The Kier molecular flexibility index (Phi) is 4.74. The van der Waals surface area contributed by atoms with Gasteiger partial charge in [-0.25, -0.2) is 0 Å². The molecule has 1 atom stereocenters. The molecule has 0 aliphatic heterocycles. The Morgan fingerprint density at radius 1 is 1.24 bits per heavy atom. The first-order valence-electron chi connectivity index (χ1n) is 7.29. The van der Waals surface area contributed by atoms with Gasteiger partial charge in [0.15, 0.2) is 0 Å². The highest BCUT2D eigenvalue weighted by Crippen LogP contribution is 2.25. The molecule has 0 fully saturated rings. The summed E-state index contributed by atoms with van der Waals surface area (Å²) in [6.45, 7) is 9.56. The predicted molar refractivity (Wildman–Crippen MR) is 88.6 cm³/mol. The van der Waals surface area contributed by atoms with Gasteiger partial charge in [-0.3, -0.25) is 4.68 Å². The highest BCUT2D eigenvalue weighted by atomic mass is 35.5. The summed E-state index contributed by atoms with van der Waals surface area (Å²) < 4.78 is 1.89. The summed E-state index contributed by atoms with van der Waals surface area (Å²) in [5, 5.41) is 8.94. The number of nitrogens with one attached hydrogen (secondary N) is 1. The van der Waals surface area contributed by atoms with Crippen LogP contribution in [0, 0.1) is 0 Å². The summed E-state index contributed by atoms with van der Waals surface area (Å²) in [4.78, 5) is 0. The molecule has 1 N–H and O–H groups in total.